The number of nitrogens with two attached hydrogens (primary N) is 1. The molecule has 0 heterocycles. The van der Waals surface area contributed by atoms with Crippen molar-refractivity contribution in [2.75, 3.05) is 5.32 Å². The van der Waals surface area contributed by atoms with Crippen LogP contribution in [0, 0.1) is 5.41 Å². The van der Waals surface area contributed by atoms with Gasteiger partial charge in [-0.3, -0.25) is 4.79 Å². The summed E-state index contributed by atoms with van der Waals surface area (Å²) in [6.45, 7) is 4.64. The molecule has 0 saturated heterocycles. The average molecular weight is 246 g/mol. The summed E-state index contributed by atoms with van der Waals surface area (Å²) < 4.78 is 0. The summed E-state index contributed by atoms with van der Waals surface area (Å²) in [7, 11) is 0. The van der Waals surface area contributed by atoms with Gasteiger partial charge in [0.2, 0.25) is 5.91 Å². The molecular weight excluding hydrogens is 224 g/mol. The quantitative estimate of drug-likeness (QED) is 0.858. The molecule has 0 aliphatic heterocycles. The largest absolute Gasteiger partial charge is 0.382 e. The van der Waals surface area contributed by atoms with Crippen LogP contribution < -0.4 is 11.1 Å². The molecule has 18 heavy (non-hydrogen) atoms. The third-order valence-corrected chi connectivity index (χ3v) is 3.93. The lowest BCUT2D eigenvalue weighted by Gasteiger charge is -2.28. The van der Waals surface area contributed by atoms with Crippen molar-refractivity contribution in [1.29, 1.82) is 0 Å². The van der Waals surface area contributed by atoms with E-state index in [-0.39, 0.29) is 5.91 Å². The van der Waals surface area contributed by atoms with Crippen molar-refractivity contribution in [3.8, 4) is 0 Å². The van der Waals surface area contributed by atoms with Gasteiger partial charge < -0.3 is 11.1 Å². The van der Waals surface area contributed by atoms with Gasteiger partial charge in [-0.2, -0.15) is 0 Å². The Bertz CT molecular complexity index is 423. The number of carbonyl (C=O) groups is 1. The second kappa shape index (κ2) is 5.01. The van der Waals surface area contributed by atoms with Crippen LogP contribution >= 0.6 is 0 Å². The summed E-state index contributed by atoms with van der Waals surface area (Å²) in [6.07, 6.45) is 4.13. The summed E-state index contributed by atoms with van der Waals surface area (Å²) in [5, 5.41) is 3.60. The van der Waals surface area contributed by atoms with E-state index >= 15 is 0 Å². The first-order valence-electron chi connectivity index (χ1n) is 6.61. The van der Waals surface area contributed by atoms with E-state index in [1.165, 1.54) is 19.3 Å². The Balaban J connectivity index is 2.00. The Kier molecular flexibility index (Phi) is 3.60. The highest BCUT2D eigenvalue weighted by molar-refractivity contribution is 5.76. The lowest BCUT2D eigenvalue weighted by molar-refractivity contribution is -0.117. The van der Waals surface area contributed by atoms with Crippen molar-refractivity contribution in [2.24, 2.45) is 11.1 Å². The maximum Gasteiger partial charge on any atom is 0.221 e. The number of anilines is 1. The summed E-state index contributed by atoms with van der Waals surface area (Å²) >= 11 is 0. The van der Waals surface area contributed by atoms with Crippen molar-refractivity contribution in [2.45, 2.75) is 45.6 Å². The lowest BCUT2D eigenvalue weighted by atomic mass is 9.87. The third-order valence-electron chi connectivity index (χ3n) is 3.93. The number of primary amides is 1. The Labute approximate surface area is 109 Å². The predicted molar refractivity (Wildman–Crippen MR) is 74.4 cm³/mol. The molecule has 0 aromatic heterocycles. The lowest BCUT2D eigenvalue weighted by Crippen LogP contribution is -2.30. The molecule has 1 saturated carbocycles. The number of amides is 1. The molecule has 0 bridgehead atoms. The summed E-state index contributed by atoms with van der Waals surface area (Å²) in [5.74, 6) is -0.285. The molecule has 1 atom stereocenters. The second-order valence-corrected chi connectivity index (χ2v) is 5.92. The van der Waals surface area contributed by atoms with Gasteiger partial charge in [0.25, 0.3) is 0 Å². The fraction of sp³-hybridized carbons (Fsp3) is 0.533. The normalized spacial score (nSPS) is 21.8. The number of benzene rings is 1. The summed E-state index contributed by atoms with van der Waals surface area (Å²) in [5.41, 5.74) is 7.64. The molecule has 3 nitrogen and oxygen atoms in total. The van der Waals surface area contributed by atoms with E-state index in [0.717, 1.165) is 11.3 Å². The van der Waals surface area contributed by atoms with Crippen LogP contribution in [-0.2, 0) is 11.2 Å². The molecule has 1 fully saturated rings. The second-order valence-electron chi connectivity index (χ2n) is 5.92. The summed E-state index contributed by atoms with van der Waals surface area (Å²) in [6, 6.07) is 8.54. The molecule has 3 N–H and O–H groups in total. The minimum absolute atomic E-state index is 0.285. The molecule has 1 aliphatic rings. The van der Waals surface area contributed by atoms with Gasteiger partial charge in [0, 0.05) is 11.7 Å². The standard InChI is InChI=1S/C15H22N2O/c1-15(2)9-3-4-13(15)17-12-7-5-11(6-8-12)10-14(16)18/h5-8,13,17H,3-4,9-10H2,1-2H3,(H2,16,18). The molecule has 1 aliphatic carbocycles. The fourth-order valence-corrected chi connectivity index (χ4v) is 2.72. The highest BCUT2D eigenvalue weighted by Crippen LogP contribution is 2.38. The van der Waals surface area contributed by atoms with Crippen LogP contribution in [0.4, 0.5) is 5.69 Å². The van der Waals surface area contributed by atoms with E-state index in [9.17, 15) is 4.79 Å². The Morgan fingerprint density at radius 1 is 1.39 bits per heavy atom. The first-order valence-corrected chi connectivity index (χ1v) is 6.61. The maximum absolute atomic E-state index is 10.8. The van der Waals surface area contributed by atoms with Gasteiger partial charge in [-0.1, -0.05) is 32.4 Å². The highest BCUT2D eigenvalue weighted by atomic mass is 16.1. The van der Waals surface area contributed by atoms with E-state index in [1.54, 1.807) is 0 Å². The van der Waals surface area contributed by atoms with Crippen molar-refractivity contribution >= 4 is 11.6 Å². The smallest absolute Gasteiger partial charge is 0.221 e. The van der Waals surface area contributed by atoms with Crippen LogP contribution in [0.2, 0.25) is 0 Å². The van der Waals surface area contributed by atoms with Crippen molar-refractivity contribution in [3.63, 3.8) is 0 Å². The van der Waals surface area contributed by atoms with Crippen molar-refractivity contribution < 1.29 is 4.79 Å². The first kappa shape index (κ1) is 12.9. The topological polar surface area (TPSA) is 55.1 Å². The minimum Gasteiger partial charge on any atom is -0.382 e. The van der Waals surface area contributed by atoms with Crippen molar-refractivity contribution in [1.82, 2.24) is 0 Å². The van der Waals surface area contributed by atoms with Crippen LogP contribution in [0.3, 0.4) is 0 Å². The molecule has 1 amide bonds. The molecule has 1 unspecified atom stereocenters. The molecule has 2 rings (SSSR count). The number of nitrogens with one attached hydrogen (secondary N) is 1. The maximum atomic E-state index is 10.8. The van der Waals surface area contributed by atoms with Crippen LogP contribution in [0.5, 0.6) is 0 Å². The molecule has 1 aromatic rings. The van der Waals surface area contributed by atoms with Gasteiger partial charge in [-0.25, -0.2) is 0 Å². The van der Waals surface area contributed by atoms with Gasteiger partial charge in [0.1, 0.15) is 0 Å². The third kappa shape index (κ3) is 3.03. The SMILES string of the molecule is CC1(C)CCCC1Nc1ccc(CC(N)=O)cc1. The van der Waals surface area contributed by atoms with Gasteiger partial charge in [0.05, 0.1) is 6.42 Å². The van der Waals surface area contributed by atoms with E-state index in [2.05, 4.69) is 19.2 Å². The molecule has 98 valence electrons. The molecule has 0 radical (unpaired) electrons. The number of hydrogen-bond acceptors (Lipinski definition) is 2. The van der Waals surface area contributed by atoms with Crippen LogP contribution in [0.15, 0.2) is 24.3 Å². The minimum atomic E-state index is -0.285. The molecular formula is C15H22N2O. The Morgan fingerprint density at radius 3 is 2.56 bits per heavy atom. The van der Waals surface area contributed by atoms with Gasteiger partial charge in [-0.15, -0.1) is 0 Å². The Hall–Kier alpha value is -1.51. The predicted octanol–water partition coefficient (Wildman–Crippen LogP) is 2.71. The van der Waals surface area contributed by atoms with Crippen LogP contribution in [-0.4, -0.2) is 11.9 Å². The van der Waals surface area contributed by atoms with Gasteiger partial charge in [0.15, 0.2) is 0 Å². The van der Waals surface area contributed by atoms with Crippen LogP contribution in [0.1, 0.15) is 38.7 Å². The Morgan fingerprint density at radius 2 is 2.06 bits per heavy atom. The zero-order valence-corrected chi connectivity index (χ0v) is 11.2. The number of hydrogen-bond donors (Lipinski definition) is 2. The first-order chi connectivity index (χ1) is 8.47. The van der Waals surface area contributed by atoms with E-state index in [1.807, 2.05) is 24.3 Å². The number of carbonyl (C=O) groups excluding carboxylic acids is 1. The summed E-state index contributed by atoms with van der Waals surface area (Å²) in [4.78, 5) is 10.8. The molecule has 0 spiro atoms. The van der Waals surface area contributed by atoms with Gasteiger partial charge in [-0.05, 0) is 36.0 Å². The molecule has 3 heteroatoms. The average Bonchev–Trinajstić information content (AvgIpc) is 2.60. The zero-order valence-electron chi connectivity index (χ0n) is 11.2. The highest BCUT2D eigenvalue weighted by Gasteiger charge is 2.34. The number of rotatable bonds is 4. The monoisotopic (exact) mass is 246 g/mol. The van der Waals surface area contributed by atoms with Gasteiger partial charge >= 0.3 is 0 Å². The van der Waals surface area contributed by atoms with E-state index in [0.29, 0.717) is 17.9 Å². The van der Waals surface area contributed by atoms with Crippen molar-refractivity contribution in [3.05, 3.63) is 29.8 Å². The molecule has 1 aromatic carbocycles. The van der Waals surface area contributed by atoms with Crippen LogP contribution in [0.25, 0.3) is 0 Å². The fourth-order valence-electron chi connectivity index (χ4n) is 2.72. The van der Waals surface area contributed by atoms with E-state index in [4.69, 9.17) is 5.73 Å². The zero-order chi connectivity index (χ0) is 13.2. The van der Waals surface area contributed by atoms with E-state index < -0.39 is 0 Å².